The Labute approximate surface area is 125 Å². The number of nitrogens with two attached hydrogens (primary N) is 1. The molecule has 0 aliphatic rings. The van der Waals surface area contributed by atoms with Crippen LogP contribution >= 0.6 is 0 Å². The van der Waals surface area contributed by atoms with Crippen LogP contribution in [0.25, 0.3) is 5.52 Å². The lowest BCUT2D eigenvalue weighted by molar-refractivity contribution is 0.183. The predicted molar refractivity (Wildman–Crippen MR) is 84.6 cm³/mol. The summed E-state index contributed by atoms with van der Waals surface area (Å²) in [4.78, 5) is 4.44. The molecule has 2 aromatic rings. The lowest BCUT2D eigenvalue weighted by Crippen LogP contribution is -2.28. The lowest BCUT2D eigenvalue weighted by atomic mass is 9.92. The molecule has 0 aliphatic carbocycles. The Bertz CT molecular complexity index is 581. The number of nitrogens with zero attached hydrogens (tertiary/aromatic N) is 3. The van der Waals surface area contributed by atoms with Gasteiger partial charge in [0.05, 0.1) is 18.3 Å². The molecule has 1 atom stereocenters. The Balaban J connectivity index is 2.33. The second-order valence-electron chi connectivity index (χ2n) is 6.26. The van der Waals surface area contributed by atoms with Gasteiger partial charge in [0.2, 0.25) is 0 Å². The Hall–Kier alpha value is -1.66. The minimum absolute atomic E-state index is 0.00643. The number of methoxy groups -OCH3 is 1. The fourth-order valence-corrected chi connectivity index (χ4v) is 2.19. The summed E-state index contributed by atoms with van der Waals surface area (Å²) in [7, 11) is 1.69. The maximum Gasteiger partial charge on any atom is 0.152 e. The number of anilines is 1. The van der Waals surface area contributed by atoms with Crippen molar-refractivity contribution < 1.29 is 4.74 Å². The minimum atomic E-state index is 0.00643. The Morgan fingerprint density at radius 2 is 2.19 bits per heavy atom. The summed E-state index contributed by atoms with van der Waals surface area (Å²) in [5.41, 5.74) is 7.68. The van der Waals surface area contributed by atoms with Crippen molar-refractivity contribution in [3.63, 3.8) is 0 Å². The van der Waals surface area contributed by atoms with Crippen LogP contribution in [0.2, 0.25) is 0 Å². The van der Waals surface area contributed by atoms with Gasteiger partial charge in [-0.05, 0) is 19.0 Å². The maximum absolute atomic E-state index is 5.65. The van der Waals surface area contributed by atoms with Gasteiger partial charge in [-0.1, -0.05) is 20.8 Å². The van der Waals surface area contributed by atoms with Crippen molar-refractivity contribution >= 4 is 11.3 Å². The molecule has 0 spiro atoms. The summed E-state index contributed by atoms with van der Waals surface area (Å²) < 4.78 is 7.10. The van der Waals surface area contributed by atoms with E-state index in [1.54, 1.807) is 13.3 Å². The zero-order valence-electron chi connectivity index (χ0n) is 13.3. The molecule has 0 amide bonds. The molecule has 2 heterocycles. The van der Waals surface area contributed by atoms with E-state index in [0.29, 0.717) is 13.2 Å². The van der Waals surface area contributed by atoms with Crippen LogP contribution in [-0.2, 0) is 10.2 Å². The normalized spacial score (nSPS) is 13.6. The van der Waals surface area contributed by atoms with Crippen molar-refractivity contribution in [2.45, 2.75) is 38.6 Å². The number of fused-ring (bicyclic) bond motifs is 1. The topological polar surface area (TPSA) is 77.5 Å². The van der Waals surface area contributed by atoms with E-state index in [0.717, 1.165) is 23.4 Å². The fraction of sp³-hybridized carbons (Fsp3) is 0.600. The first-order chi connectivity index (χ1) is 9.95. The number of hydrogen-bond acceptors (Lipinski definition) is 5. The van der Waals surface area contributed by atoms with Crippen LogP contribution in [0.15, 0.2) is 18.5 Å². The van der Waals surface area contributed by atoms with E-state index in [-0.39, 0.29) is 11.5 Å². The minimum Gasteiger partial charge on any atom is -0.383 e. The summed E-state index contributed by atoms with van der Waals surface area (Å²) in [6, 6.07) is 2.23. The molecule has 3 N–H and O–H groups in total. The fourth-order valence-electron chi connectivity index (χ4n) is 2.19. The van der Waals surface area contributed by atoms with E-state index < -0.39 is 0 Å². The highest BCUT2D eigenvalue weighted by atomic mass is 16.5. The van der Waals surface area contributed by atoms with Crippen LogP contribution < -0.4 is 11.1 Å². The van der Waals surface area contributed by atoms with Crippen LogP contribution in [0, 0.1) is 0 Å². The number of ether oxygens (including phenoxy) is 1. The Kier molecular flexibility index (Phi) is 4.80. The molecular weight excluding hydrogens is 266 g/mol. The molecule has 0 saturated carbocycles. The first-order valence-corrected chi connectivity index (χ1v) is 7.26. The Morgan fingerprint density at radius 3 is 2.81 bits per heavy atom. The molecular formula is C15H25N5O. The van der Waals surface area contributed by atoms with Crippen molar-refractivity contribution in [1.29, 1.82) is 0 Å². The third-order valence-corrected chi connectivity index (χ3v) is 3.38. The quantitative estimate of drug-likeness (QED) is 0.848. The van der Waals surface area contributed by atoms with Crippen LogP contribution in [0.1, 0.15) is 32.9 Å². The summed E-state index contributed by atoms with van der Waals surface area (Å²) in [6.07, 6.45) is 4.45. The highest BCUT2D eigenvalue weighted by Crippen LogP contribution is 2.24. The Morgan fingerprint density at radius 1 is 1.43 bits per heavy atom. The summed E-state index contributed by atoms with van der Waals surface area (Å²) >= 11 is 0. The smallest absolute Gasteiger partial charge is 0.152 e. The summed E-state index contributed by atoms with van der Waals surface area (Å²) in [5.74, 6) is 0.816. The predicted octanol–water partition coefficient (Wildman–Crippen LogP) is 1.80. The molecule has 0 bridgehead atoms. The zero-order chi connectivity index (χ0) is 15.5. The van der Waals surface area contributed by atoms with Gasteiger partial charge in [-0.3, -0.25) is 0 Å². The van der Waals surface area contributed by atoms with E-state index in [9.17, 15) is 0 Å². The third kappa shape index (κ3) is 3.71. The monoisotopic (exact) mass is 291 g/mol. The molecule has 0 aromatic carbocycles. The van der Waals surface area contributed by atoms with Gasteiger partial charge in [0.1, 0.15) is 5.52 Å². The summed E-state index contributed by atoms with van der Waals surface area (Å²) in [5, 5.41) is 8.04. The molecule has 0 saturated heterocycles. The molecule has 116 valence electrons. The summed E-state index contributed by atoms with van der Waals surface area (Å²) in [6.45, 7) is 7.66. The van der Waals surface area contributed by atoms with Crippen molar-refractivity contribution in [3.8, 4) is 0 Å². The number of aromatic nitrogens is 3. The largest absolute Gasteiger partial charge is 0.383 e. The first-order valence-electron chi connectivity index (χ1n) is 7.26. The molecule has 6 nitrogen and oxygen atoms in total. The van der Waals surface area contributed by atoms with E-state index >= 15 is 0 Å². The second kappa shape index (κ2) is 6.41. The average molecular weight is 291 g/mol. The van der Waals surface area contributed by atoms with Gasteiger partial charge in [-0.2, -0.15) is 5.10 Å². The number of nitrogens with one attached hydrogen (secondary N) is 1. The second-order valence-corrected chi connectivity index (χ2v) is 6.26. The van der Waals surface area contributed by atoms with Gasteiger partial charge in [0, 0.05) is 24.9 Å². The number of hydrogen-bond donors (Lipinski definition) is 2. The average Bonchev–Trinajstić information content (AvgIpc) is 2.84. The van der Waals surface area contributed by atoms with Crippen molar-refractivity contribution in [2.24, 2.45) is 5.73 Å². The van der Waals surface area contributed by atoms with E-state index in [1.165, 1.54) is 0 Å². The molecule has 2 aromatic heterocycles. The van der Waals surface area contributed by atoms with Crippen LogP contribution in [0.3, 0.4) is 0 Å². The third-order valence-electron chi connectivity index (χ3n) is 3.38. The maximum atomic E-state index is 5.65. The van der Waals surface area contributed by atoms with E-state index in [2.05, 4.69) is 42.2 Å². The molecule has 0 aliphatic heterocycles. The van der Waals surface area contributed by atoms with Gasteiger partial charge in [0.15, 0.2) is 5.82 Å². The van der Waals surface area contributed by atoms with Crippen LogP contribution in [0.4, 0.5) is 5.82 Å². The molecule has 0 radical (unpaired) electrons. The SMILES string of the molecule is COCC(CCN)Nc1nccn2nc(C(C)(C)C)cc12. The van der Waals surface area contributed by atoms with E-state index in [1.807, 2.05) is 10.7 Å². The highest BCUT2D eigenvalue weighted by Gasteiger charge is 2.19. The standard InChI is InChI=1S/C15H25N5O/c1-15(2,3)13-9-12-14(17-7-8-20(12)19-13)18-11(5-6-16)10-21-4/h7-9,11H,5-6,10,16H2,1-4H3,(H,17,18). The molecule has 1 unspecified atom stereocenters. The number of rotatable bonds is 6. The van der Waals surface area contributed by atoms with Crippen LogP contribution in [0.5, 0.6) is 0 Å². The molecule has 6 heteroatoms. The first kappa shape index (κ1) is 15.7. The lowest BCUT2D eigenvalue weighted by Gasteiger charge is -2.18. The van der Waals surface area contributed by atoms with Crippen molar-refractivity contribution in [1.82, 2.24) is 14.6 Å². The zero-order valence-corrected chi connectivity index (χ0v) is 13.3. The van der Waals surface area contributed by atoms with Gasteiger partial charge in [-0.25, -0.2) is 9.50 Å². The molecule has 0 fully saturated rings. The van der Waals surface area contributed by atoms with Gasteiger partial charge < -0.3 is 15.8 Å². The van der Waals surface area contributed by atoms with Crippen LogP contribution in [-0.4, -0.2) is 40.9 Å². The van der Waals surface area contributed by atoms with Gasteiger partial charge in [0.25, 0.3) is 0 Å². The van der Waals surface area contributed by atoms with Gasteiger partial charge in [-0.15, -0.1) is 0 Å². The molecule has 2 rings (SSSR count). The molecule has 21 heavy (non-hydrogen) atoms. The van der Waals surface area contributed by atoms with Crippen molar-refractivity contribution in [2.75, 3.05) is 25.6 Å². The van der Waals surface area contributed by atoms with Gasteiger partial charge >= 0.3 is 0 Å². The van der Waals surface area contributed by atoms with Crippen molar-refractivity contribution in [3.05, 3.63) is 24.2 Å². The highest BCUT2D eigenvalue weighted by molar-refractivity contribution is 5.68. The van der Waals surface area contributed by atoms with E-state index in [4.69, 9.17) is 10.5 Å².